The van der Waals surface area contributed by atoms with Gasteiger partial charge < -0.3 is 15.8 Å². The highest BCUT2D eigenvalue weighted by Gasteiger charge is 2.22. The van der Waals surface area contributed by atoms with E-state index in [1.807, 2.05) is 13.8 Å². The molecule has 0 saturated carbocycles. The summed E-state index contributed by atoms with van der Waals surface area (Å²) < 4.78 is 5.18. The topological polar surface area (TPSA) is 81.4 Å². The maximum absolute atomic E-state index is 12.0. The Balaban J connectivity index is 2.66. The first kappa shape index (κ1) is 17.6. The SMILES string of the molecule is CC(C)CC(NC(N)=O)C(=O)OCc1ccc(Cl)cc1Cl. The summed E-state index contributed by atoms with van der Waals surface area (Å²) in [5, 5.41) is 3.30. The van der Waals surface area contributed by atoms with Gasteiger partial charge in [-0.05, 0) is 24.5 Å². The number of halogens is 2. The summed E-state index contributed by atoms with van der Waals surface area (Å²) >= 11 is 11.8. The zero-order valence-electron chi connectivity index (χ0n) is 11.9. The zero-order valence-corrected chi connectivity index (χ0v) is 13.4. The van der Waals surface area contributed by atoms with Gasteiger partial charge >= 0.3 is 12.0 Å². The Morgan fingerprint density at radius 1 is 1.33 bits per heavy atom. The van der Waals surface area contributed by atoms with E-state index in [1.165, 1.54) is 0 Å². The minimum absolute atomic E-state index is 0.00384. The van der Waals surface area contributed by atoms with E-state index in [9.17, 15) is 9.59 Å². The van der Waals surface area contributed by atoms with Gasteiger partial charge in [-0.25, -0.2) is 9.59 Å². The predicted octanol–water partition coefficient (Wildman–Crippen LogP) is 3.12. The Labute approximate surface area is 133 Å². The molecule has 0 aliphatic rings. The van der Waals surface area contributed by atoms with Crippen LogP contribution in [-0.2, 0) is 16.1 Å². The summed E-state index contributed by atoms with van der Waals surface area (Å²) in [5.74, 6) is -0.345. The number of amides is 2. The van der Waals surface area contributed by atoms with E-state index < -0.39 is 18.0 Å². The molecule has 1 aromatic rings. The quantitative estimate of drug-likeness (QED) is 0.785. The van der Waals surface area contributed by atoms with Crippen LogP contribution in [0.3, 0.4) is 0 Å². The van der Waals surface area contributed by atoms with Crippen LogP contribution in [0.5, 0.6) is 0 Å². The lowest BCUT2D eigenvalue weighted by Crippen LogP contribution is -2.45. The summed E-state index contributed by atoms with van der Waals surface area (Å²) in [7, 11) is 0. The Morgan fingerprint density at radius 3 is 2.52 bits per heavy atom. The number of nitrogens with two attached hydrogens (primary N) is 1. The molecule has 0 aliphatic carbocycles. The number of urea groups is 1. The molecule has 1 aromatic carbocycles. The number of primary amides is 1. The molecule has 0 fully saturated rings. The standard InChI is InChI=1S/C14H18Cl2N2O3/c1-8(2)5-12(18-14(17)20)13(19)21-7-9-3-4-10(15)6-11(9)16/h3-4,6,8,12H,5,7H2,1-2H3,(H3,17,18,20). The summed E-state index contributed by atoms with van der Waals surface area (Å²) in [6, 6.07) is 3.37. The number of rotatable bonds is 6. The average Bonchev–Trinajstić information content (AvgIpc) is 2.35. The number of benzene rings is 1. The number of nitrogens with one attached hydrogen (secondary N) is 1. The van der Waals surface area contributed by atoms with Gasteiger partial charge in [0.2, 0.25) is 0 Å². The van der Waals surface area contributed by atoms with E-state index >= 15 is 0 Å². The molecule has 0 radical (unpaired) electrons. The van der Waals surface area contributed by atoms with Gasteiger partial charge in [0.05, 0.1) is 0 Å². The normalized spacial score (nSPS) is 12.0. The number of hydrogen-bond acceptors (Lipinski definition) is 3. The monoisotopic (exact) mass is 332 g/mol. The van der Waals surface area contributed by atoms with Gasteiger partial charge in [0.15, 0.2) is 0 Å². The molecule has 5 nitrogen and oxygen atoms in total. The minimum Gasteiger partial charge on any atom is -0.459 e. The fraction of sp³-hybridized carbons (Fsp3) is 0.429. The molecule has 2 amide bonds. The second-order valence-corrected chi connectivity index (χ2v) is 5.88. The predicted molar refractivity (Wildman–Crippen MR) is 82.2 cm³/mol. The van der Waals surface area contributed by atoms with Crippen molar-refractivity contribution in [1.29, 1.82) is 0 Å². The Kier molecular flexibility index (Phi) is 6.78. The van der Waals surface area contributed by atoms with Crippen LogP contribution in [0.2, 0.25) is 10.0 Å². The molecule has 1 unspecified atom stereocenters. The van der Waals surface area contributed by atoms with Crippen LogP contribution >= 0.6 is 23.2 Å². The molecule has 1 atom stereocenters. The Morgan fingerprint density at radius 2 is 2.00 bits per heavy atom. The highest BCUT2D eigenvalue weighted by molar-refractivity contribution is 6.35. The number of ether oxygens (including phenoxy) is 1. The van der Waals surface area contributed by atoms with Crippen molar-refractivity contribution in [3.8, 4) is 0 Å². The van der Waals surface area contributed by atoms with E-state index in [1.54, 1.807) is 18.2 Å². The first-order valence-corrected chi connectivity index (χ1v) is 7.21. The van der Waals surface area contributed by atoms with Gasteiger partial charge in [0, 0.05) is 15.6 Å². The maximum atomic E-state index is 12.0. The van der Waals surface area contributed by atoms with Crippen LogP contribution in [0.15, 0.2) is 18.2 Å². The largest absolute Gasteiger partial charge is 0.459 e. The second kappa shape index (κ2) is 8.10. The molecule has 1 rings (SSSR count). The molecule has 7 heteroatoms. The molecule has 0 aromatic heterocycles. The van der Waals surface area contributed by atoms with Crippen LogP contribution in [0, 0.1) is 5.92 Å². The third-order valence-electron chi connectivity index (χ3n) is 2.69. The molecule has 0 aliphatic heterocycles. The molecule has 0 saturated heterocycles. The number of esters is 1. The lowest BCUT2D eigenvalue weighted by molar-refractivity contribution is -0.147. The van der Waals surface area contributed by atoms with Crippen LogP contribution in [0.25, 0.3) is 0 Å². The van der Waals surface area contributed by atoms with Gasteiger partial charge in [-0.1, -0.05) is 43.1 Å². The highest BCUT2D eigenvalue weighted by atomic mass is 35.5. The lowest BCUT2D eigenvalue weighted by atomic mass is 10.0. The first-order chi connectivity index (χ1) is 9.79. The zero-order chi connectivity index (χ0) is 16.0. The molecule has 0 bridgehead atoms. The third kappa shape index (κ3) is 6.23. The number of carbonyl (C=O) groups is 2. The van der Waals surface area contributed by atoms with Crippen molar-refractivity contribution in [1.82, 2.24) is 5.32 Å². The fourth-order valence-corrected chi connectivity index (χ4v) is 2.21. The van der Waals surface area contributed by atoms with Crippen molar-refractivity contribution in [3.63, 3.8) is 0 Å². The van der Waals surface area contributed by atoms with Crippen LogP contribution < -0.4 is 11.1 Å². The summed E-state index contributed by atoms with van der Waals surface area (Å²) in [5.41, 5.74) is 5.70. The van der Waals surface area contributed by atoms with Crippen LogP contribution in [0.4, 0.5) is 4.79 Å². The lowest BCUT2D eigenvalue weighted by Gasteiger charge is -2.18. The summed E-state index contributed by atoms with van der Waals surface area (Å²) in [6.45, 7) is 3.86. The van der Waals surface area contributed by atoms with Crippen molar-refractivity contribution in [2.75, 3.05) is 0 Å². The molecule has 3 N–H and O–H groups in total. The van der Waals surface area contributed by atoms with Crippen molar-refractivity contribution < 1.29 is 14.3 Å². The van der Waals surface area contributed by atoms with Gasteiger partial charge in [-0.2, -0.15) is 0 Å². The van der Waals surface area contributed by atoms with Crippen LogP contribution in [0.1, 0.15) is 25.8 Å². The second-order valence-electron chi connectivity index (χ2n) is 5.03. The van der Waals surface area contributed by atoms with Gasteiger partial charge in [-0.3, -0.25) is 0 Å². The Hall–Kier alpha value is -1.46. The molecule has 21 heavy (non-hydrogen) atoms. The highest BCUT2D eigenvalue weighted by Crippen LogP contribution is 2.21. The van der Waals surface area contributed by atoms with Crippen molar-refractivity contribution in [3.05, 3.63) is 33.8 Å². The summed E-state index contributed by atoms with van der Waals surface area (Å²) in [6.07, 6.45) is 0.441. The van der Waals surface area contributed by atoms with E-state index in [-0.39, 0.29) is 12.5 Å². The van der Waals surface area contributed by atoms with E-state index in [2.05, 4.69) is 5.32 Å². The molecule has 0 heterocycles. The van der Waals surface area contributed by atoms with E-state index in [4.69, 9.17) is 33.7 Å². The average molecular weight is 333 g/mol. The maximum Gasteiger partial charge on any atom is 0.329 e. The fourth-order valence-electron chi connectivity index (χ4n) is 1.75. The summed E-state index contributed by atoms with van der Waals surface area (Å²) in [4.78, 5) is 22.9. The van der Waals surface area contributed by atoms with Crippen molar-refractivity contribution in [2.45, 2.75) is 32.9 Å². The smallest absolute Gasteiger partial charge is 0.329 e. The van der Waals surface area contributed by atoms with E-state index in [0.717, 1.165) is 0 Å². The molecular formula is C14H18Cl2N2O3. The Bertz CT molecular complexity index is 521. The van der Waals surface area contributed by atoms with Crippen molar-refractivity contribution >= 4 is 35.2 Å². The van der Waals surface area contributed by atoms with Gasteiger partial charge in [0.25, 0.3) is 0 Å². The van der Waals surface area contributed by atoms with E-state index in [0.29, 0.717) is 22.0 Å². The number of carbonyl (C=O) groups excluding carboxylic acids is 2. The van der Waals surface area contributed by atoms with Gasteiger partial charge in [0.1, 0.15) is 12.6 Å². The minimum atomic E-state index is -0.770. The van der Waals surface area contributed by atoms with Gasteiger partial charge in [-0.15, -0.1) is 0 Å². The molecular weight excluding hydrogens is 315 g/mol. The number of hydrogen-bond donors (Lipinski definition) is 2. The third-order valence-corrected chi connectivity index (χ3v) is 3.28. The molecule has 116 valence electrons. The first-order valence-electron chi connectivity index (χ1n) is 6.46. The molecule has 0 spiro atoms. The van der Waals surface area contributed by atoms with Crippen LogP contribution in [-0.4, -0.2) is 18.0 Å². The van der Waals surface area contributed by atoms with Crippen molar-refractivity contribution in [2.24, 2.45) is 11.7 Å².